The lowest BCUT2D eigenvalue weighted by atomic mass is 9.80. The summed E-state index contributed by atoms with van der Waals surface area (Å²) in [5.41, 5.74) is 0.490. The highest BCUT2D eigenvalue weighted by Crippen LogP contribution is 2.29. The molecule has 0 bridgehead atoms. The summed E-state index contributed by atoms with van der Waals surface area (Å²) in [4.78, 5) is 11.1. The van der Waals surface area contributed by atoms with Gasteiger partial charge < -0.3 is 5.11 Å². The fraction of sp³-hybridized carbons (Fsp3) is 0.462. The topological polar surface area (TPSA) is 37.3 Å². The SMILES string of the molecule is O=C1CCC(O)(Cc2ccccc2)CC1. The maximum Gasteiger partial charge on any atom is 0.133 e. The Hall–Kier alpha value is -1.15. The zero-order valence-electron chi connectivity index (χ0n) is 8.78. The Morgan fingerprint density at radius 2 is 1.73 bits per heavy atom. The number of aliphatic hydroxyl groups is 1. The Balaban J connectivity index is 2.02. The molecule has 0 heterocycles. The van der Waals surface area contributed by atoms with E-state index in [-0.39, 0.29) is 5.78 Å². The van der Waals surface area contributed by atoms with Crippen LogP contribution in [0.5, 0.6) is 0 Å². The molecule has 0 amide bonds. The third kappa shape index (κ3) is 2.66. The summed E-state index contributed by atoms with van der Waals surface area (Å²) >= 11 is 0. The van der Waals surface area contributed by atoms with Crippen molar-refractivity contribution in [2.45, 2.75) is 37.7 Å². The van der Waals surface area contributed by atoms with E-state index in [0.717, 1.165) is 5.56 Å². The first-order valence-corrected chi connectivity index (χ1v) is 5.46. The van der Waals surface area contributed by atoms with Crippen LogP contribution < -0.4 is 0 Å². The molecule has 0 atom stereocenters. The molecule has 0 saturated heterocycles. The van der Waals surface area contributed by atoms with Crippen LogP contribution in [0.2, 0.25) is 0 Å². The maximum atomic E-state index is 11.1. The van der Waals surface area contributed by atoms with Gasteiger partial charge in [0.25, 0.3) is 0 Å². The summed E-state index contributed by atoms with van der Waals surface area (Å²) in [5, 5.41) is 10.3. The van der Waals surface area contributed by atoms with Crippen molar-refractivity contribution in [2.75, 3.05) is 0 Å². The van der Waals surface area contributed by atoms with Gasteiger partial charge in [0.05, 0.1) is 5.60 Å². The number of Topliss-reactive ketones (excluding diaryl/α,β-unsaturated/α-hetero) is 1. The van der Waals surface area contributed by atoms with Crippen molar-refractivity contribution >= 4 is 5.78 Å². The van der Waals surface area contributed by atoms with E-state index in [9.17, 15) is 9.90 Å². The summed E-state index contributed by atoms with van der Waals surface area (Å²) < 4.78 is 0. The molecular weight excluding hydrogens is 188 g/mol. The predicted octanol–water partition coefficient (Wildman–Crippen LogP) is 2.10. The molecule has 0 spiro atoms. The van der Waals surface area contributed by atoms with Gasteiger partial charge in [-0.15, -0.1) is 0 Å². The van der Waals surface area contributed by atoms with Gasteiger partial charge in [0.1, 0.15) is 5.78 Å². The molecule has 0 radical (unpaired) electrons. The highest BCUT2D eigenvalue weighted by molar-refractivity contribution is 5.79. The van der Waals surface area contributed by atoms with Gasteiger partial charge in [-0.05, 0) is 18.4 Å². The van der Waals surface area contributed by atoms with E-state index >= 15 is 0 Å². The summed E-state index contributed by atoms with van der Waals surface area (Å²) in [7, 11) is 0. The number of carbonyl (C=O) groups is 1. The van der Waals surface area contributed by atoms with Crippen LogP contribution >= 0.6 is 0 Å². The molecule has 15 heavy (non-hydrogen) atoms. The van der Waals surface area contributed by atoms with Crippen LogP contribution in [-0.2, 0) is 11.2 Å². The monoisotopic (exact) mass is 204 g/mol. The van der Waals surface area contributed by atoms with Gasteiger partial charge in [0.2, 0.25) is 0 Å². The lowest BCUT2D eigenvalue weighted by molar-refractivity contribution is -0.125. The molecular formula is C13H16O2. The molecule has 0 aliphatic heterocycles. The molecule has 0 aromatic heterocycles. The van der Waals surface area contributed by atoms with Crippen LogP contribution in [0.25, 0.3) is 0 Å². The van der Waals surface area contributed by atoms with Crippen molar-refractivity contribution in [2.24, 2.45) is 0 Å². The molecule has 1 aromatic carbocycles. The van der Waals surface area contributed by atoms with E-state index < -0.39 is 5.60 Å². The summed E-state index contributed by atoms with van der Waals surface area (Å²) in [6.45, 7) is 0. The maximum absolute atomic E-state index is 11.1. The van der Waals surface area contributed by atoms with E-state index in [2.05, 4.69) is 0 Å². The minimum Gasteiger partial charge on any atom is -0.390 e. The van der Waals surface area contributed by atoms with E-state index in [0.29, 0.717) is 32.1 Å². The molecule has 2 nitrogen and oxygen atoms in total. The normalized spacial score (nSPS) is 20.2. The fourth-order valence-electron chi connectivity index (χ4n) is 2.15. The second kappa shape index (κ2) is 4.15. The molecule has 80 valence electrons. The van der Waals surface area contributed by atoms with Gasteiger partial charge in [-0.1, -0.05) is 30.3 Å². The van der Waals surface area contributed by atoms with Gasteiger partial charge in [-0.2, -0.15) is 0 Å². The largest absolute Gasteiger partial charge is 0.390 e. The smallest absolute Gasteiger partial charge is 0.133 e. The molecule has 2 heteroatoms. The second-order valence-corrected chi connectivity index (χ2v) is 4.43. The van der Waals surface area contributed by atoms with Crippen molar-refractivity contribution in [1.82, 2.24) is 0 Å². The third-order valence-corrected chi connectivity index (χ3v) is 3.11. The van der Waals surface area contributed by atoms with E-state index in [1.54, 1.807) is 0 Å². The van der Waals surface area contributed by atoms with Crippen LogP contribution in [0.15, 0.2) is 30.3 Å². The standard InChI is InChI=1S/C13H16O2/c14-12-6-8-13(15,9-7-12)10-11-4-2-1-3-5-11/h1-5,15H,6-10H2. The highest BCUT2D eigenvalue weighted by Gasteiger charge is 2.32. The number of hydrogen-bond acceptors (Lipinski definition) is 2. The second-order valence-electron chi connectivity index (χ2n) is 4.43. The predicted molar refractivity (Wildman–Crippen MR) is 58.6 cm³/mol. The Bertz CT molecular complexity index is 333. The molecule has 1 aliphatic rings. The minimum absolute atomic E-state index is 0.285. The van der Waals surface area contributed by atoms with Gasteiger partial charge in [-0.25, -0.2) is 0 Å². The lowest BCUT2D eigenvalue weighted by Crippen LogP contribution is -2.36. The Morgan fingerprint density at radius 1 is 1.13 bits per heavy atom. The molecule has 1 aromatic rings. The number of hydrogen-bond donors (Lipinski definition) is 1. The quantitative estimate of drug-likeness (QED) is 0.801. The molecule has 1 fully saturated rings. The Kier molecular flexibility index (Phi) is 2.87. The first-order chi connectivity index (χ1) is 7.18. The number of ketones is 1. The van der Waals surface area contributed by atoms with Crippen LogP contribution in [0, 0.1) is 0 Å². The van der Waals surface area contributed by atoms with Crippen LogP contribution in [0.1, 0.15) is 31.2 Å². The fourth-order valence-corrected chi connectivity index (χ4v) is 2.15. The average Bonchev–Trinajstić information content (AvgIpc) is 2.24. The molecule has 1 N–H and O–H groups in total. The van der Waals surface area contributed by atoms with Crippen LogP contribution in [0.4, 0.5) is 0 Å². The van der Waals surface area contributed by atoms with Crippen LogP contribution in [-0.4, -0.2) is 16.5 Å². The molecule has 1 aliphatic carbocycles. The van der Waals surface area contributed by atoms with Crippen molar-refractivity contribution in [3.63, 3.8) is 0 Å². The van der Waals surface area contributed by atoms with Crippen molar-refractivity contribution in [3.8, 4) is 0 Å². The zero-order chi connectivity index (χ0) is 10.7. The van der Waals surface area contributed by atoms with Crippen molar-refractivity contribution in [3.05, 3.63) is 35.9 Å². The summed E-state index contributed by atoms with van der Waals surface area (Å²) in [6.07, 6.45) is 2.95. The highest BCUT2D eigenvalue weighted by atomic mass is 16.3. The van der Waals surface area contributed by atoms with Gasteiger partial charge in [0.15, 0.2) is 0 Å². The average molecular weight is 204 g/mol. The van der Waals surface area contributed by atoms with E-state index in [1.165, 1.54) is 0 Å². The van der Waals surface area contributed by atoms with Crippen molar-refractivity contribution < 1.29 is 9.90 Å². The minimum atomic E-state index is -0.657. The van der Waals surface area contributed by atoms with Crippen molar-refractivity contribution in [1.29, 1.82) is 0 Å². The van der Waals surface area contributed by atoms with E-state index in [1.807, 2.05) is 30.3 Å². The first kappa shape index (κ1) is 10.4. The molecule has 0 unspecified atom stereocenters. The Morgan fingerprint density at radius 3 is 2.33 bits per heavy atom. The molecule has 1 saturated carbocycles. The van der Waals surface area contributed by atoms with E-state index in [4.69, 9.17) is 0 Å². The van der Waals surface area contributed by atoms with Gasteiger partial charge in [-0.3, -0.25) is 4.79 Å². The first-order valence-electron chi connectivity index (χ1n) is 5.46. The zero-order valence-corrected chi connectivity index (χ0v) is 8.78. The third-order valence-electron chi connectivity index (χ3n) is 3.11. The van der Waals surface area contributed by atoms with Gasteiger partial charge in [0, 0.05) is 19.3 Å². The summed E-state index contributed by atoms with van der Waals surface area (Å²) in [5.74, 6) is 0.285. The van der Waals surface area contributed by atoms with Crippen LogP contribution in [0.3, 0.4) is 0 Å². The lowest BCUT2D eigenvalue weighted by Gasteiger charge is -2.31. The molecule has 2 rings (SSSR count). The number of rotatable bonds is 2. The number of carbonyl (C=O) groups excluding carboxylic acids is 1. The summed E-state index contributed by atoms with van der Waals surface area (Å²) in [6, 6.07) is 9.97. The van der Waals surface area contributed by atoms with Gasteiger partial charge >= 0.3 is 0 Å². The Labute approximate surface area is 89.9 Å². The number of benzene rings is 1.